The van der Waals surface area contributed by atoms with Crippen molar-refractivity contribution in [2.75, 3.05) is 14.2 Å². The van der Waals surface area contributed by atoms with Gasteiger partial charge in [-0.3, -0.25) is 18.7 Å². The van der Waals surface area contributed by atoms with Crippen LogP contribution in [0.3, 0.4) is 0 Å². The molecule has 0 unspecified atom stereocenters. The summed E-state index contributed by atoms with van der Waals surface area (Å²) >= 11 is 0. The molecule has 5 aromatic rings. The zero-order chi connectivity index (χ0) is 26.4. The van der Waals surface area contributed by atoms with E-state index in [-0.39, 0.29) is 41.7 Å². The van der Waals surface area contributed by atoms with Crippen LogP contribution < -0.4 is 15.2 Å². The van der Waals surface area contributed by atoms with Gasteiger partial charge in [0.05, 0.1) is 38.3 Å². The molecular formula is C30H23N3O5. The first-order chi connectivity index (χ1) is 18.5. The summed E-state index contributed by atoms with van der Waals surface area (Å²) in [6.07, 6.45) is 0. The minimum Gasteiger partial charge on any atom is -0.496 e. The first-order valence-corrected chi connectivity index (χ1v) is 12.1. The van der Waals surface area contributed by atoms with E-state index in [2.05, 4.69) is 4.98 Å². The monoisotopic (exact) mass is 505 g/mol. The van der Waals surface area contributed by atoms with Gasteiger partial charge in [0.15, 0.2) is 0 Å². The molecule has 188 valence electrons. The highest BCUT2D eigenvalue weighted by Gasteiger charge is 2.21. The predicted molar refractivity (Wildman–Crippen MR) is 141 cm³/mol. The number of carbonyl (C=O) groups is 2. The molecular weight excluding hydrogens is 482 g/mol. The van der Waals surface area contributed by atoms with Crippen LogP contribution in [0, 0.1) is 0 Å². The van der Waals surface area contributed by atoms with Crippen LogP contribution in [-0.2, 0) is 13.1 Å². The van der Waals surface area contributed by atoms with Crippen molar-refractivity contribution >= 4 is 22.6 Å². The lowest BCUT2D eigenvalue weighted by atomic mass is 10.0. The van der Waals surface area contributed by atoms with E-state index in [4.69, 9.17) is 9.47 Å². The summed E-state index contributed by atoms with van der Waals surface area (Å²) in [6.45, 7) is 0.388. The van der Waals surface area contributed by atoms with Crippen LogP contribution in [0.25, 0.3) is 11.0 Å². The highest BCUT2D eigenvalue weighted by molar-refractivity contribution is 6.11. The van der Waals surface area contributed by atoms with Gasteiger partial charge in [-0.2, -0.15) is 0 Å². The summed E-state index contributed by atoms with van der Waals surface area (Å²) in [5.74, 6) is 0.442. The number of ether oxygens (including phenoxy) is 2. The summed E-state index contributed by atoms with van der Waals surface area (Å²) in [7, 11) is 3.10. The summed E-state index contributed by atoms with van der Waals surface area (Å²) in [6, 6.07) is 22.5. The number of imidazole rings is 1. The minimum absolute atomic E-state index is 0.154. The third kappa shape index (κ3) is 3.78. The molecule has 38 heavy (non-hydrogen) atoms. The van der Waals surface area contributed by atoms with Gasteiger partial charge in [-0.05, 0) is 60.7 Å². The van der Waals surface area contributed by atoms with Crippen LogP contribution in [0.1, 0.15) is 43.2 Å². The molecule has 8 heteroatoms. The van der Waals surface area contributed by atoms with Crippen LogP contribution >= 0.6 is 0 Å². The van der Waals surface area contributed by atoms with Crippen molar-refractivity contribution < 1.29 is 19.1 Å². The van der Waals surface area contributed by atoms with Gasteiger partial charge >= 0.3 is 5.69 Å². The van der Waals surface area contributed by atoms with Gasteiger partial charge < -0.3 is 9.47 Å². The average molecular weight is 506 g/mol. The molecule has 0 saturated heterocycles. The fourth-order valence-electron chi connectivity index (χ4n) is 4.99. The second kappa shape index (κ2) is 9.15. The molecule has 8 nitrogen and oxygen atoms in total. The number of methoxy groups -OCH3 is 2. The van der Waals surface area contributed by atoms with Crippen molar-refractivity contribution in [1.29, 1.82) is 0 Å². The van der Waals surface area contributed by atoms with Crippen molar-refractivity contribution in [3.05, 3.63) is 123 Å². The minimum atomic E-state index is -0.333. The van der Waals surface area contributed by atoms with E-state index in [1.54, 1.807) is 78.0 Å². The number of hydrogen-bond donors (Lipinski definition) is 0. The predicted octanol–water partition coefficient (Wildman–Crippen LogP) is 4.09. The van der Waals surface area contributed by atoms with Crippen molar-refractivity contribution in [2.24, 2.45) is 0 Å². The number of fused-ring (bicyclic) bond motifs is 11. The Morgan fingerprint density at radius 2 is 1.11 bits per heavy atom. The standard InChI is InChI=1S/C30H23N3O5/c1-37-26-12-10-18-14-20(26)16-32-24-8-3-4-9-25(24)33(30(32)36)17-21-15-19(11-13-27(21)38-2)29(35)23-7-5-6-22(31-23)28(18)34/h3-15H,16-17H2,1-2H3. The summed E-state index contributed by atoms with van der Waals surface area (Å²) in [5.41, 5.74) is 3.65. The van der Waals surface area contributed by atoms with E-state index in [1.165, 1.54) is 0 Å². The van der Waals surface area contributed by atoms with Crippen molar-refractivity contribution in [3.63, 3.8) is 0 Å². The SMILES string of the molecule is COc1ccc2cc1Cn1c(=O)n(c3ccccc31)Cc1cc(ccc1OC)C(=O)c1cccc(n1)C2=O. The number of ketones is 2. The lowest BCUT2D eigenvalue weighted by Crippen LogP contribution is -2.25. The summed E-state index contributed by atoms with van der Waals surface area (Å²) in [5, 5.41) is 0. The van der Waals surface area contributed by atoms with E-state index in [9.17, 15) is 14.4 Å². The Balaban J connectivity index is 1.65. The van der Waals surface area contributed by atoms with Gasteiger partial charge in [-0.25, -0.2) is 9.78 Å². The molecule has 3 aromatic carbocycles. The summed E-state index contributed by atoms with van der Waals surface area (Å²) < 4.78 is 14.5. The molecule has 0 aliphatic carbocycles. The molecule has 0 radical (unpaired) electrons. The molecule has 0 atom stereocenters. The molecule has 2 aromatic heterocycles. The van der Waals surface area contributed by atoms with Crippen molar-refractivity contribution in [3.8, 4) is 11.5 Å². The highest BCUT2D eigenvalue weighted by Crippen LogP contribution is 2.27. The van der Waals surface area contributed by atoms with Crippen LogP contribution in [0.4, 0.5) is 0 Å². The van der Waals surface area contributed by atoms with E-state index < -0.39 is 0 Å². The molecule has 3 heterocycles. The first-order valence-electron chi connectivity index (χ1n) is 12.1. The number of hydrogen-bond acceptors (Lipinski definition) is 6. The third-order valence-corrected chi connectivity index (χ3v) is 6.88. The maximum atomic E-state index is 13.8. The number of nitrogens with zero attached hydrogens (tertiary/aromatic N) is 3. The fourth-order valence-corrected chi connectivity index (χ4v) is 4.99. The number of aromatic nitrogens is 3. The molecule has 0 spiro atoms. The fraction of sp³-hybridized carbons (Fsp3) is 0.133. The Morgan fingerprint density at radius 3 is 1.55 bits per heavy atom. The molecule has 0 saturated carbocycles. The Kier molecular flexibility index (Phi) is 5.64. The molecule has 8 bridgehead atoms. The second-order valence-electron chi connectivity index (χ2n) is 9.06. The summed E-state index contributed by atoms with van der Waals surface area (Å²) in [4.78, 5) is 45.1. The second-order valence-corrected chi connectivity index (χ2v) is 9.06. The zero-order valence-corrected chi connectivity index (χ0v) is 20.8. The third-order valence-electron chi connectivity index (χ3n) is 6.88. The van der Waals surface area contributed by atoms with Gasteiger partial charge in [0, 0.05) is 22.3 Å². The quantitative estimate of drug-likeness (QED) is 0.352. The van der Waals surface area contributed by atoms with E-state index in [0.29, 0.717) is 33.8 Å². The van der Waals surface area contributed by atoms with E-state index in [1.807, 2.05) is 24.3 Å². The molecule has 0 amide bonds. The van der Waals surface area contributed by atoms with Crippen molar-refractivity contribution in [2.45, 2.75) is 13.1 Å². The molecule has 0 fully saturated rings. The molecule has 6 rings (SSSR count). The maximum Gasteiger partial charge on any atom is 0.329 e. The normalized spacial score (nSPS) is 13.0. The Bertz CT molecular complexity index is 1690. The average Bonchev–Trinajstić information content (AvgIpc) is 3.22. The Hall–Kier alpha value is -4.98. The zero-order valence-electron chi connectivity index (χ0n) is 20.8. The molecule has 1 aliphatic rings. The maximum absolute atomic E-state index is 13.8. The van der Waals surface area contributed by atoms with Crippen LogP contribution in [0.2, 0.25) is 0 Å². The lowest BCUT2D eigenvalue weighted by molar-refractivity contribution is 0.103. The Labute approximate surface area is 217 Å². The number of para-hydroxylation sites is 2. The number of pyridine rings is 1. The lowest BCUT2D eigenvalue weighted by Gasteiger charge is -2.13. The van der Waals surface area contributed by atoms with E-state index >= 15 is 0 Å². The highest BCUT2D eigenvalue weighted by atomic mass is 16.5. The van der Waals surface area contributed by atoms with Crippen LogP contribution in [0.5, 0.6) is 11.5 Å². The van der Waals surface area contributed by atoms with Gasteiger partial charge in [0.2, 0.25) is 11.6 Å². The number of rotatable bonds is 2. The number of benzene rings is 3. The van der Waals surface area contributed by atoms with Crippen LogP contribution in [0.15, 0.2) is 83.7 Å². The van der Waals surface area contributed by atoms with Gasteiger partial charge in [-0.15, -0.1) is 0 Å². The van der Waals surface area contributed by atoms with Gasteiger partial charge in [0.1, 0.15) is 22.9 Å². The van der Waals surface area contributed by atoms with Gasteiger partial charge in [0.25, 0.3) is 0 Å². The van der Waals surface area contributed by atoms with Crippen LogP contribution in [-0.4, -0.2) is 39.9 Å². The number of carbonyl (C=O) groups excluding carboxylic acids is 2. The molecule has 0 N–H and O–H groups in total. The first kappa shape index (κ1) is 23.4. The van der Waals surface area contributed by atoms with E-state index in [0.717, 1.165) is 11.0 Å². The molecule has 1 aliphatic heterocycles. The van der Waals surface area contributed by atoms with Crippen molar-refractivity contribution in [1.82, 2.24) is 14.1 Å². The Morgan fingerprint density at radius 1 is 0.632 bits per heavy atom. The smallest absolute Gasteiger partial charge is 0.329 e. The topological polar surface area (TPSA) is 92.4 Å². The van der Waals surface area contributed by atoms with Gasteiger partial charge in [-0.1, -0.05) is 18.2 Å². The largest absolute Gasteiger partial charge is 0.496 e.